The van der Waals surface area contributed by atoms with Gasteiger partial charge in [-0.05, 0) is 77.8 Å². The lowest BCUT2D eigenvalue weighted by molar-refractivity contribution is -0.123. The fourth-order valence-electron chi connectivity index (χ4n) is 6.82. The van der Waals surface area contributed by atoms with Crippen molar-refractivity contribution in [2.75, 3.05) is 51.5 Å². The van der Waals surface area contributed by atoms with Crippen LogP contribution in [0.4, 0.5) is 10.6 Å². The number of hydrogen-bond donors (Lipinski definition) is 3. The third kappa shape index (κ3) is 9.03. The van der Waals surface area contributed by atoms with E-state index in [1.807, 2.05) is 69.6 Å². The van der Waals surface area contributed by atoms with E-state index in [-0.39, 0.29) is 36.7 Å². The third-order valence-corrected chi connectivity index (χ3v) is 11.2. The number of benzene rings is 1. The highest BCUT2D eigenvalue weighted by Crippen LogP contribution is 2.44. The van der Waals surface area contributed by atoms with E-state index >= 15 is 0 Å². The number of aliphatic hydroxyl groups is 1. The number of imidazole rings is 1. The van der Waals surface area contributed by atoms with Crippen LogP contribution in [-0.4, -0.2) is 101 Å². The Morgan fingerprint density at radius 2 is 1.87 bits per heavy atom. The smallest absolute Gasteiger partial charge is 0.407 e. The molecule has 290 valence electrons. The maximum atomic E-state index is 12.7. The first-order valence-corrected chi connectivity index (χ1v) is 19.2. The fraction of sp³-hybridized carbons (Fsp3) is 0.500. The van der Waals surface area contributed by atoms with Crippen LogP contribution in [0.3, 0.4) is 0 Å². The number of aliphatic hydroxyl groups excluding tert-OH is 1. The minimum atomic E-state index is -0.593. The predicted molar refractivity (Wildman–Crippen MR) is 205 cm³/mol. The number of aryl methyl sites for hydroxylation is 1. The number of hydrogen-bond acceptors (Lipinski definition) is 12. The molecule has 0 bridgehead atoms. The molecule has 0 unspecified atom stereocenters. The molecular weight excluding hydrogens is 734 g/mol. The number of nitrogens with one attached hydrogen (secondary N) is 2. The number of rotatable bonds is 12. The molecule has 54 heavy (non-hydrogen) atoms. The quantitative estimate of drug-likeness (QED) is 0.157. The molecule has 0 aliphatic carbocycles. The number of piperidine rings is 1. The van der Waals surface area contributed by atoms with Crippen LogP contribution in [0.1, 0.15) is 51.9 Å². The topological polar surface area (TPSA) is 162 Å². The second kappa shape index (κ2) is 16.7. The molecule has 3 N–H and O–H groups in total. The van der Waals surface area contributed by atoms with Gasteiger partial charge in [-0.1, -0.05) is 23.4 Å². The van der Waals surface area contributed by atoms with Crippen LogP contribution in [0.15, 0.2) is 52.6 Å². The number of methoxy groups -OCH3 is 1. The standard InChI is InChI=1S/C38H48ClN7O7S/c1-23-35(43-28(20-47)33(41-23)45-16-12-38(13-17-45)22-52-24(2)32(38)44-36(49)53-37(3,4)5)54-29-11-15-46-19-27(42-34(46)31(29)39)25-7-9-26(10-8-25)51-21-30(48)40-14-18-50-6/h7-11,15,19,24,32,47H,12-14,16-18,20-22H2,1-6H3,(H,40,48)(H,44,49)/t24-,32+/m0/s1. The zero-order valence-electron chi connectivity index (χ0n) is 31.5. The first-order chi connectivity index (χ1) is 25.8. The molecule has 6 rings (SSSR count). The lowest BCUT2D eigenvalue weighted by Crippen LogP contribution is -2.55. The van der Waals surface area contributed by atoms with Gasteiger partial charge in [0, 0.05) is 55.0 Å². The van der Waals surface area contributed by atoms with Crippen molar-refractivity contribution in [1.82, 2.24) is 30.0 Å². The molecule has 2 saturated heterocycles. The number of amides is 2. The van der Waals surface area contributed by atoms with Crippen LogP contribution in [0.25, 0.3) is 16.9 Å². The highest BCUT2D eigenvalue weighted by atomic mass is 35.5. The van der Waals surface area contributed by atoms with Crippen LogP contribution >= 0.6 is 23.4 Å². The minimum Gasteiger partial charge on any atom is -0.484 e. The number of nitrogens with zero attached hydrogens (tertiary/aromatic N) is 5. The molecule has 1 spiro atoms. The monoisotopic (exact) mass is 781 g/mol. The summed E-state index contributed by atoms with van der Waals surface area (Å²) in [4.78, 5) is 42.2. The van der Waals surface area contributed by atoms with Crippen molar-refractivity contribution in [3.63, 3.8) is 0 Å². The van der Waals surface area contributed by atoms with E-state index in [9.17, 15) is 14.7 Å². The Morgan fingerprint density at radius 3 is 2.56 bits per heavy atom. The summed E-state index contributed by atoms with van der Waals surface area (Å²) in [5, 5.41) is 17.3. The van der Waals surface area contributed by atoms with Crippen molar-refractivity contribution >= 4 is 46.8 Å². The summed E-state index contributed by atoms with van der Waals surface area (Å²) in [6, 6.07) is 9.07. The van der Waals surface area contributed by atoms with Gasteiger partial charge in [-0.25, -0.2) is 19.7 Å². The van der Waals surface area contributed by atoms with Crippen molar-refractivity contribution in [1.29, 1.82) is 0 Å². The van der Waals surface area contributed by atoms with E-state index in [4.69, 9.17) is 45.5 Å². The van der Waals surface area contributed by atoms with Gasteiger partial charge in [-0.2, -0.15) is 0 Å². The third-order valence-electron chi connectivity index (χ3n) is 9.61. The SMILES string of the molecule is COCCNC(=O)COc1ccc(-c2cn3ccc(Sc4nc(CO)c(N5CCC6(CC5)CO[C@@H](C)[C@H]6NC(=O)OC(C)(C)C)nc4C)c(Cl)c3n2)cc1. The second-order valence-corrected chi connectivity index (χ2v) is 16.0. The Labute approximate surface area is 324 Å². The fourth-order valence-corrected chi connectivity index (χ4v) is 8.01. The zero-order valence-corrected chi connectivity index (χ0v) is 33.1. The molecule has 2 atom stereocenters. The summed E-state index contributed by atoms with van der Waals surface area (Å²) < 4.78 is 24.0. The number of carbonyl (C=O) groups is 2. The van der Waals surface area contributed by atoms with Gasteiger partial charge < -0.3 is 44.0 Å². The van der Waals surface area contributed by atoms with Gasteiger partial charge in [-0.15, -0.1) is 0 Å². The average molecular weight is 782 g/mol. The normalized spacial score (nSPS) is 18.3. The van der Waals surface area contributed by atoms with Gasteiger partial charge in [0.2, 0.25) is 0 Å². The largest absolute Gasteiger partial charge is 0.484 e. The molecule has 2 aliphatic rings. The molecule has 1 aromatic carbocycles. The lowest BCUT2D eigenvalue weighted by Gasteiger charge is -2.43. The summed E-state index contributed by atoms with van der Waals surface area (Å²) in [5.74, 6) is 0.994. The Hall–Kier alpha value is -4.15. The molecule has 0 radical (unpaired) electrons. The van der Waals surface area contributed by atoms with Gasteiger partial charge >= 0.3 is 6.09 Å². The number of fused-ring (bicyclic) bond motifs is 1. The van der Waals surface area contributed by atoms with Gasteiger partial charge in [0.1, 0.15) is 22.1 Å². The molecular formula is C38H48ClN7O7S. The second-order valence-electron chi connectivity index (χ2n) is 14.6. The van der Waals surface area contributed by atoms with Gasteiger partial charge in [0.25, 0.3) is 5.91 Å². The molecule has 2 aliphatic heterocycles. The molecule has 2 amide bonds. The number of anilines is 1. The van der Waals surface area contributed by atoms with Crippen molar-refractivity contribution in [2.45, 2.75) is 81.7 Å². The highest BCUT2D eigenvalue weighted by Gasteiger charge is 2.50. The zero-order chi connectivity index (χ0) is 38.6. The van der Waals surface area contributed by atoms with Crippen molar-refractivity contribution in [2.24, 2.45) is 5.41 Å². The van der Waals surface area contributed by atoms with Gasteiger partial charge in [0.05, 0.1) is 48.4 Å². The summed E-state index contributed by atoms with van der Waals surface area (Å²) in [6.07, 6.45) is 4.76. The van der Waals surface area contributed by atoms with Crippen LogP contribution in [-0.2, 0) is 25.6 Å². The van der Waals surface area contributed by atoms with E-state index in [0.717, 1.165) is 29.0 Å². The van der Waals surface area contributed by atoms with Crippen molar-refractivity contribution < 1.29 is 33.6 Å². The first-order valence-electron chi connectivity index (χ1n) is 18.0. The Balaban J connectivity index is 1.12. The highest BCUT2D eigenvalue weighted by molar-refractivity contribution is 7.99. The molecule has 2 fully saturated rings. The summed E-state index contributed by atoms with van der Waals surface area (Å²) in [7, 11) is 1.58. The molecule has 16 heteroatoms. The predicted octanol–water partition coefficient (Wildman–Crippen LogP) is 5.44. The average Bonchev–Trinajstić information content (AvgIpc) is 3.70. The number of alkyl carbamates (subject to hydrolysis) is 1. The van der Waals surface area contributed by atoms with Crippen LogP contribution in [0, 0.1) is 12.3 Å². The number of ether oxygens (including phenoxy) is 4. The number of carbonyl (C=O) groups excluding carboxylic acids is 2. The van der Waals surface area contributed by atoms with Crippen LogP contribution < -0.4 is 20.3 Å². The lowest BCUT2D eigenvalue weighted by atomic mass is 9.73. The van der Waals surface area contributed by atoms with Crippen molar-refractivity contribution in [3.05, 3.63) is 59.1 Å². The van der Waals surface area contributed by atoms with Crippen LogP contribution in [0.5, 0.6) is 5.75 Å². The summed E-state index contributed by atoms with van der Waals surface area (Å²) in [6.45, 7) is 11.8. The summed E-state index contributed by atoms with van der Waals surface area (Å²) in [5.41, 5.74) is 2.54. The molecule has 0 saturated carbocycles. The maximum absolute atomic E-state index is 12.7. The first kappa shape index (κ1) is 39.5. The van der Waals surface area contributed by atoms with Crippen LogP contribution in [0.2, 0.25) is 5.02 Å². The van der Waals surface area contributed by atoms with Crippen molar-refractivity contribution in [3.8, 4) is 17.0 Å². The van der Waals surface area contributed by atoms with E-state index in [2.05, 4.69) is 15.5 Å². The Kier molecular flexibility index (Phi) is 12.2. The Morgan fingerprint density at radius 1 is 1.13 bits per heavy atom. The summed E-state index contributed by atoms with van der Waals surface area (Å²) >= 11 is 8.31. The number of pyridine rings is 1. The maximum Gasteiger partial charge on any atom is 0.407 e. The van der Waals surface area contributed by atoms with E-state index in [1.165, 1.54) is 11.8 Å². The molecule has 4 aromatic rings. The van der Waals surface area contributed by atoms with Gasteiger partial charge in [0.15, 0.2) is 18.1 Å². The van der Waals surface area contributed by atoms with E-state index in [1.54, 1.807) is 19.2 Å². The number of halogens is 1. The van der Waals surface area contributed by atoms with E-state index < -0.39 is 11.7 Å². The Bertz CT molecular complexity index is 1960. The molecule has 14 nitrogen and oxygen atoms in total. The molecule has 5 heterocycles. The van der Waals surface area contributed by atoms with Gasteiger partial charge in [-0.3, -0.25) is 4.79 Å². The minimum absolute atomic E-state index is 0.0923. The molecule has 3 aromatic heterocycles. The van der Waals surface area contributed by atoms with E-state index in [0.29, 0.717) is 71.5 Å². The number of aromatic nitrogens is 4.